The van der Waals surface area contributed by atoms with Crippen LogP contribution in [0.1, 0.15) is 43.0 Å². The van der Waals surface area contributed by atoms with Crippen molar-refractivity contribution in [2.24, 2.45) is 0 Å². The van der Waals surface area contributed by atoms with Crippen molar-refractivity contribution in [3.8, 4) is 0 Å². The van der Waals surface area contributed by atoms with Crippen LogP contribution >= 0.6 is 0 Å². The number of carboxylic acids is 2. The fourth-order valence-corrected chi connectivity index (χ4v) is 2.18. The van der Waals surface area contributed by atoms with Crippen LogP contribution in [0.15, 0.2) is 36.4 Å². The number of benzene rings is 2. The molecular formula is C18H16O4. The fraction of sp³-hybridized carbons (Fsp3) is 0.111. The summed E-state index contributed by atoms with van der Waals surface area (Å²) in [7, 11) is 0. The Labute approximate surface area is 128 Å². The molecule has 0 aliphatic rings. The molecule has 4 heteroatoms. The van der Waals surface area contributed by atoms with Crippen LogP contribution < -0.4 is 0 Å². The molecule has 0 saturated heterocycles. The van der Waals surface area contributed by atoms with E-state index >= 15 is 0 Å². The first-order valence-corrected chi connectivity index (χ1v) is 6.74. The molecule has 2 rings (SSSR count). The van der Waals surface area contributed by atoms with Crippen LogP contribution in [0.2, 0.25) is 0 Å². The van der Waals surface area contributed by atoms with Crippen molar-refractivity contribution < 1.29 is 19.8 Å². The maximum absolute atomic E-state index is 11.3. The Balaban J connectivity index is 2.46. The first kappa shape index (κ1) is 15.5. The fourth-order valence-electron chi connectivity index (χ4n) is 2.18. The third-order valence-electron chi connectivity index (χ3n) is 3.32. The molecule has 0 spiro atoms. The van der Waals surface area contributed by atoms with E-state index in [-0.39, 0.29) is 11.1 Å². The van der Waals surface area contributed by atoms with Crippen molar-refractivity contribution in [2.45, 2.75) is 13.8 Å². The molecule has 0 unspecified atom stereocenters. The zero-order valence-corrected chi connectivity index (χ0v) is 12.3. The Kier molecular flexibility index (Phi) is 4.41. The Hall–Kier alpha value is -2.88. The van der Waals surface area contributed by atoms with Gasteiger partial charge in [0.05, 0.1) is 11.1 Å². The molecule has 0 saturated carbocycles. The lowest BCUT2D eigenvalue weighted by atomic mass is 10.0. The molecule has 0 bridgehead atoms. The van der Waals surface area contributed by atoms with Gasteiger partial charge in [-0.2, -0.15) is 0 Å². The lowest BCUT2D eigenvalue weighted by Crippen LogP contribution is -2.01. The molecule has 0 aliphatic heterocycles. The highest BCUT2D eigenvalue weighted by molar-refractivity contribution is 5.96. The maximum atomic E-state index is 11.3. The van der Waals surface area contributed by atoms with Gasteiger partial charge in [-0.25, -0.2) is 9.59 Å². The summed E-state index contributed by atoms with van der Waals surface area (Å²) < 4.78 is 0. The summed E-state index contributed by atoms with van der Waals surface area (Å²) in [5.41, 5.74) is 3.18. The van der Waals surface area contributed by atoms with Gasteiger partial charge in [0.25, 0.3) is 0 Å². The van der Waals surface area contributed by atoms with Crippen LogP contribution in [0.25, 0.3) is 12.2 Å². The molecule has 0 heterocycles. The minimum absolute atomic E-state index is 0.195. The SMILES string of the molecule is Cc1ccc(/C=C/c2ccc(C)cc2C(=O)O)c(C(=O)O)c1. The second-order valence-electron chi connectivity index (χ2n) is 5.13. The van der Waals surface area contributed by atoms with Crippen molar-refractivity contribution in [2.75, 3.05) is 0 Å². The molecule has 2 aromatic rings. The molecule has 22 heavy (non-hydrogen) atoms. The Morgan fingerprint density at radius 2 is 1.14 bits per heavy atom. The summed E-state index contributed by atoms with van der Waals surface area (Å²) in [6, 6.07) is 10.2. The number of aromatic carboxylic acids is 2. The van der Waals surface area contributed by atoms with Gasteiger partial charge in [-0.15, -0.1) is 0 Å². The summed E-state index contributed by atoms with van der Waals surface area (Å²) in [5, 5.41) is 18.5. The van der Waals surface area contributed by atoms with Crippen LogP contribution in [0.4, 0.5) is 0 Å². The van der Waals surface area contributed by atoms with Crippen LogP contribution in [-0.4, -0.2) is 22.2 Å². The number of rotatable bonds is 4. The molecule has 4 nitrogen and oxygen atoms in total. The summed E-state index contributed by atoms with van der Waals surface area (Å²) >= 11 is 0. The van der Waals surface area contributed by atoms with Gasteiger partial charge in [-0.3, -0.25) is 0 Å². The standard InChI is InChI=1S/C18H16O4/c1-11-3-5-13(15(9-11)17(19)20)7-8-14-6-4-12(2)10-16(14)18(21)22/h3-10H,1-2H3,(H,19,20)(H,21,22)/b8-7+. The third kappa shape index (κ3) is 3.41. The van der Waals surface area contributed by atoms with Gasteiger partial charge in [0.15, 0.2) is 0 Å². The van der Waals surface area contributed by atoms with E-state index in [1.165, 1.54) is 0 Å². The number of hydrogen-bond acceptors (Lipinski definition) is 2. The molecule has 0 aromatic heterocycles. The van der Waals surface area contributed by atoms with Gasteiger partial charge >= 0.3 is 11.9 Å². The zero-order chi connectivity index (χ0) is 16.3. The molecule has 0 fully saturated rings. The summed E-state index contributed by atoms with van der Waals surface area (Å²) in [6.45, 7) is 3.64. The average Bonchev–Trinajstić information content (AvgIpc) is 2.46. The van der Waals surface area contributed by atoms with Crippen molar-refractivity contribution >= 4 is 24.1 Å². The highest BCUT2D eigenvalue weighted by Gasteiger charge is 2.10. The van der Waals surface area contributed by atoms with E-state index in [0.717, 1.165) is 11.1 Å². The highest BCUT2D eigenvalue weighted by atomic mass is 16.4. The highest BCUT2D eigenvalue weighted by Crippen LogP contribution is 2.18. The second-order valence-corrected chi connectivity index (χ2v) is 5.13. The molecule has 0 aliphatic carbocycles. The summed E-state index contributed by atoms with van der Waals surface area (Å²) in [5.74, 6) is -2.02. The van der Waals surface area contributed by atoms with Gasteiger partial charge in [-0.1, -0.05) is 47.5 Å². The molecular weight excluding hydrogens is 280 g/mol. The summed E-state index contributed by atoms with van der Waals surface area (Å²) in [6.07, 6.45) is 3.25. The van der Waals surface area contributed by atoms with Crippen LogP contribution in [0.5, 0.6) is 0 Å². The van der Waals surface area contributed by atoms with E-state index in [9.17, 15) is 19.8 Å². The van der Waals surface area contributed by atoms with E-state index in [4.69, 9.17) is 0 Å². The number of aryl methyl sites for hydroxylation is 2. The van der Waals surface area contributed by atoms with Crippen molar-refractivity contribution in [3.05, 3.63) is 69.8 Å². The molecule has 0 radical (unpaired) electrons. The molecule has 0 atom stereocenters. The van der Waals surface area contributed by atoms with E-state index in [0.29, 0.717) is 11.1 Å². The monoisotopic (exact) mass is 296 g/mol. The van der Waals surface area contributed by atoms with Crippen LogP contribution in [0, 0.1) is 13.8 Å². The average molecular weight is 296 g/mol. The van der Waals surface area contributed by atoms with Crippen LogP contribution in [-0.2, 0) is 0 Å². The quantitative estimate of drug-likeness (QED) is 0.840. The van der Waals surface area contributed by atoms with E-state index < -0.39 is 11.9 Å². The largest absolute Gasteiger partial charge is 0.478 e. The minimum Gasteiger partial charge on any atom is -0.478 e. The number of hydrogen-bond donors (Lipinski definition) is 2. The Bertz CT molecular complexity index is 707. The predicted octanol–water partition coefficient (Wildman–Crippen LogP) is 3.87. The van der Waals surface area contributed by atoms with E-state index in [1.807, 2.05) is 26.0 Å². The van der Waals surface area contributed by atoms with E-state index in [2.05, 4.69) is 0 Å². The molecule has 112 valence electrons. The summed E-state index contributed by atoms with van der Waals surface area (Å²) in [4.78, 5) is 22.6. The van der Waals surface area contributed by atoms with Gasteiger partial charge < -0.3 is 10.2 Å². The smallest absolute Gasteiger partial charge is 0.336 e. The third-order valence-corrected chi connectivity index (χ3v) is 3.32. The molecule has 2 aromatic carbocycles. The van der Waals surface area contributed by atoms with Gasteiger partial charge in [0.2, 0.25) is 0 Å². The number of carboxylic acid groups (broad SMARTS) is 2. The predicted molar refractivity (Wildman–Crippen MR) is 85.2 cm³/mol. The van der Waals surface area contributed by atoms with Gasteiger partial charge in [-0.05, 0) is 37.1 Å². The Morgan fingerprint density at radius 3 is 1.45 bits per heavy atom. The molecule has 0 amide bonds. The van der Waals surface area contributed by atoms with Crippen molar-refractivity contribution in [3.63, 3.8) is 0 Å². The maximum Gasteiger partial charge on any atom is 0.336 e. The van der Waals surface area contributed by atoms with E-state index in [1.54, 1.807) is 36.4 Å². The lowest BCUT2D eigenvalue weighted by molar-refractivity contribution is 0.0685. The first-order valence-electron chi connectivity index (χ1n) is 6.74. The zero-order valence-electron chi connectivity index (χ0n) is 12.3. The normalized spacial score (nSPS) is 10.8. The van der Waals surface area contributed by atoms with Crippen molar-refractivity contribution in [1.29, 1.82) is 0 Å². The minimum atomic E-state index is -1.01. The van der Waals surface area contributed by atoms with Crippen LogP contribution in [0.3, 0.4) is 0 Å². The van der Waals surface area contributed by atoms with Gasteiger partial charge in [0, 0.05) is 0 Å². The van der Waals surface area contributed by atoms with Gasteiger partial charge in [0.1, 0.15) is 0 Å². The first-order chi connectivity index (χ1) is 10.4. The second kappa shape index (κ2) is 6.26. The Morgan fingerprint density at radius 1 is 0.773 bits per heavy atom. The molecule has 2 N–H and O–H groups in total. The lowest BCUT2D eigenvalue weighted by Gasteiger charge is -2.05. The van der Waals surface area contributed by atoms with Crippen molar-refractivity contribution in [1.82, 2.24) is 0 Å². The number of carbonyl (C=O) groups is 2. The topological polar surface area (TPSA) is 74.6 Å².